The largest absolute Gasteiger partial charge is 0.464 e. The summed E-state index contributed by atoms with van der Waals surface area (Å²) in [6.45, 7) is 0. The van der Waals surface area contributed by atoms with Crippen molar-refractivity contribution in [1.29, 1.82) is 0 Å². The number of fused-ring (bicyclic) bond motifs is 1. The van der Waals surface area contributed by atoms with Gasteiger partial charge in [0.15, 0.2) is 11.2 Å². The van der Waals surface area contributed by atoms with Crippen molar-refractivity contribution in [3.63, 3.8) is 0 Å². The third-order valence-corrected chi connectivity index (χ3v) is 4.39. The smallest absolute Gasteiger partial charge is 0.360 e. The molecule has 11 heteroatoms. The van der Waals surface area contributed by atoms with Gasteiger partial charge in [0.25, 0.3) is 10.0 Å². The van der Waals surface area contributed by atoms with E-state index < -0.39 is 16.0 Å². The van der Waals surface area contributed by atoms with Crippen LogP contribution in [0.5, 0.6) is 0 Å². The van der Waals surface area contributed by atoms with Gasteiger partial charge in [0.2, 0.25) is 0 Å². The highest BCUT2D eigenvalue weighted by Gasteiger charge is 2.25. The number of ether oxygens (including phenoxy) is 1. The van der Waals surface area contributed by atoms with Gasteiger partial charge in [0, 0.05) is 13.2 Å². The van der Waals surface area contributed by atoms with Crippen molar-refractivity contribution < 1.29 is 22.6 Å². The normalized spacial score (nSPS) is 11.6. The molecule has 0 unspecified atom stereocenters. The average molecular weight is 337 g/mol. The Morgan fingerprint density at radius 3 is 2.87 bits per heavy atom. The highest BCUT2D eigenvalue weighted by molar-refractivity contribution is 7.93. The maximum Gasteiger partial charge on any atom is 0.360 e. The molecular weight excluding hydrogens is 326 g/mol. The monoisotopic (exact) mass is 337 g/mol. The second kappa shape index (κ2) is 5.35. The summed E-state index contributed by atoms with van der Waals surface area (Å²) in [7, 11) is -1.31. The Kier molecular flexibility index (Phi) is 3.48. The van der Waals surface area contributed by atoms with Crippen LogP contribution >= 0.6 is 0 Å². The third kappa shape index (κ3) is 2.61. The minimum atomic E-state index is -4.03. The number of nitrogens with zero attached hydrogens (tertiary/aromatic N) is 4. The zero-order chi connectivity index (χ0) is 16.6. The number of carbonyl (C=O) groups is 1. The number of hydrogen-bond acceptors (Lipinski definition) is 8. The van der Waals surface area contributed by atoms with Crippen molar-refractivity contribution in [3.8, 4) is 0 Å². The molecule has 0 amide bonds. The van der Waals surface area contributed by atoms with Gasteiger partial charge in [0.05, 0.1) is 7.11 Å². The van der Waals surface area contributed by atoms with E-state index in [0.29, 0.717) is 5.52 Å². The van der Waals surface area contributed by atoms with Gasteiger partial charge in [-0.2, -0.15) is 5.10 Å². The van der Waals surface area contributed by atoms with E-state index in [0.717, 1.165) is 0 Å². The number of rotatable bonds is 4. The molecular formula is C12H11N5O5S. The van der Waals surface area contributed by atoms with Crippen molar-refractivity contribution >= 4 is 32.7 Å². The predicted molar refractivity (Wildman–Crippen MR) is 77.2 cm³/mol. The lowest BCUT2D eigenvalue weighted by Crippen LogP contribution is -2.15. The van der Waals surface area contributed by atoms with E-state index in [1.807, 2.05) is 0 Å². The fourth-order valence-corrected chi connectivity index (χ4v) is 3.21. The number of sulfonamides is 1. The van der Waals surface area contributed by atoms with Crippen LogP contribution in [0.4, 0.5) is 5.69 Å². The molecule has 3 aromatic rings. The van der Waals surface area contributed by atoms with Crippen LogP contribution < -0.4 is 4.72 Å². The van der Waals surface area contributed by atoms with E-state index in [4.69, 9.17) is 0 Å². The number of nitrogens with one attached hydrogen (secondary N) is 1. The standard InChI is InChI=1S/C12H11N5O5S/c1-17-6-8(11(13-17)12(18)21-2)16-23(19,20)9-5-3-4-7-10(9)15-22-14-7/h3-6,16H,1-2H3. The number of hydrogen-bond donors (Lipinski definition) is 1. The summed E-state index contributed by atoms with van der Waals surface area (Å²) < 4.78 is 37.9. The van der Waals surface area contributed by atoms with Crippen LogP contribution in [-0.2, 0) is 21.8 Å². The maximum absolute atomic E-state index is 12.6. The molecule has 0 radical (unpaired) electrons. The van der Waals surface area contributed by atoms with Crippen molar-refractivity contribution in [2.24, 2.45) is 7.05 Å². The van der Waals surface area contributed by atoms with Gasteiger partial charge in [-0.1, -0.05) is 6.07 Å². The molecule has 0 spiro atoms. The summed E-state index contributed by atoms with van der Waals surface area (Å²) in [5.41, 5.74) is 0.229. The van der Waals surface area contributed by atoms with Gasteiger partial charge >= 0.3 is 5.97 Å². The summed E-state index contributed by atoms with van der Waals surface area (Å²) in [6, 6.07) is 4.42. The number of anilines is 1. The van der Waals surface area contributed by atoms with Crippen LogP contribution in [0.15, 0.2) is 33.9 Å². The lowest BCUT2D eigenvalue weighted by molar-refractivity contribution is 0.0594. The summed E-state index contributed by atoms with van der Waals surface area (Å²) in [5, 5.41) is 11.1. The molecule has 23 heavy (non-hydrogen) atoms. The lowest BCUT2D eigenvalue weighted by Gasteiger charge is -2.07. The van der Waals surface area contributed by atoms with Crippen molar-refractivity contribution in [3.05, 3.63) is 30.1 Å². The number of aryl methyl sites for hydroxylation is 1. The average Bonchev–Trinajstić information content (AvgIpc) is 3.11. The van der Waals surface area contributed by atoms with Crippen LogP contribution in [0.2, 0.25) is 0 Å². The first-order chi connectivity index (χ1) is 10.9. The number of carbonyl (C=O) groups excluding carboxylic acids is 1. The molecule has 0 bridgehead atoms. The lowest BCUT2D eigenvalue weighted by atomic mass is 10.3. The Morgan fingerprint density at radius 2 is 2.13 bits per heavy atom. The fourth-order valence-electron chi connectivity index (χ4n) is 2.01. The topological polar surface area (TPSA) is 129 Å². The Hall–Kier alpha value is -2.95. The second-order valence-corrected chi connectivity index (χ2v) is 6.20. The van der Waals surface area contributed by atoms with Gasteiger partial charge < -0.3 is 4.74 Å². The molecule has 120 valence electrons. The molecule has 1 N–H and O–H groups in total. The van der Waals surface area contributed by atoms with Crippen LogP contribution in [0, 0.1) is 0 Å². The van der Waals surface area contributed by atoms with Crippen LogP contribution in [0.3, 0.4) is 0 Å². The second-order valence-electron chi connectivity index (χ2n) is 4.55. The molecule has 0 saturated carbocycles. The molecule has 1 aromatic carbocycles. The molecule has 3 rings (SSSR count). The Labute approximate surface area is 130 Å². The minimum absolute atomic E-state index is 0.00666. The Balaban J connectivity index is 2.06. The third-order valence-electron chi connectivity index (χ3n) is 2.99. The van der Waals surface area contributed by atoms with E-state index in [2.05, 4.69) is 29.5 Å². The van der Waals surface area contributed by atoms with E-state index in [1.54, 1.807) is 13.1 Å². The van der Waals surface area contributed by atoms with E-state index >= 15 is 0 Å². The minimum Gasteiger partial charge on any atom is -0.464 e. The zero-order valence-corrected chi connectivity index (χ0v) is 12.9. The Morgan fingerprint density at radius 1 is 1.35 bits per heavy atom. The first-order valence-electron chi connectivity index (χ1n) is 6.28. The number of benzene rings is 1. The van der Waals surface area contributed by atoms with E-state index in [1.165, 1.54) is 30.1 Å². The predicted octanol–water partition coefficient (Wildman–Crippen LogP) is 0.544. The van der Waals surface area contributed by atoms with Crippen LogP contribution in [-0.4, -0.2) is 41.6 Å². The summed E-state index contributed by atoms with van der Waals surface area (Å²) >= 11 is 0. The molecule has 0 aliphatic heterocycles. The zero-order valence-electron chi connectivity index (χ0n) is 12.0. The van der Waals surface area contributed by atoms with E-state index in [9.17, 15) is 13.2 Å². The van der Waals surface area contributed by atoms with Crippen LogP contribution in [0.25, 0.3) is 11.0 Å². The highest BCUT2D eigenvalue weighted by atomic mass is 32.2. The molecule has 0 saturated heterocycles. The summed E-state index contributed by atoms with van der Waals surface area (Å²) in [4.78, 5) is 11.5. The molecule has 0 fully saturated rings. The van der Waals surface area contributed by atoms with E-state index in [-0.39, 0.29) is 21.8 Å². The highest BCUT2D eigenvalue weighted by Crippen LogP contribution is 2.24. The Bertz CT molecular complexity index is 990. The first-order valence-corrected chi connectivity index (χ1v) is 7.77. The molecule has 2 aromatic heterocycles. The maximum atomic E-state index is 12.6. The number of methoxy groups -OCH3 is 1. The van der Waals surface area contributed by atoms with Gasteiger partial charge in [-0.05, 0) is 22.4 Å². The van der Waals surface area contributed by atoms with Gasteiger partial charge in [-0.25, -0.2) is 17.8 Å². The number of esters is 1. The SMILES string of the molecule is COC(=O)c1nn(C)cc1NS(=O)(=O)c1cccc2nonc12. The van der Waals surface area contributed by atoms with Gasteiger partial charge in [0.1, 0.15) is 16.1 Å². The molecule has 10 nitrogen and oxygen atoms in total. The molecule has 0 atom stereocenters. The fraction of sp³-hybridized carbons (Fsp3) is 0.167. The molecule has 0 aliphatic rings. The van der Waals surface area contributed by atoms with Crippen molar-refractivity contribution in [2.45, 2.75) is 4.90 Å². The van der Waals surface area contributed by atoms with Gasteiger partial charge in [-0.3, -0.25) is 9.40 Å². The summed E-state index contributed by atoms with van der Waals surface area (Å²) in [5.74, 6) is -0.760. The van der Waals surface area contributed by atoms with Crippen molar-refractivity contribution in [1.82, 2.24) is 20.1 Å². The van der Waals surface area contributed by atoms with Gasteiger partial charge in [-0.15, -0.1) is 0 Å². The summed E-state index contributed by atoms with van der Waals surface area (Å²) in [6.07, 6.45) is 1.35. The molecule has 0 aliphatic carbocycles. The first kappa shape index (κ1) is 15.0. The molecule has 2 heterocycles. The van der Waals surface area contributed by atoms with Crippen molar-refractivity contribution in [2.75, 3.05) is 11.8 Å². The number of aromatic nitrogens is 4. The van der Waals surface area contributed by atoms with Crippen LogP contribution in [0.1, 0.15) is 10.5 Å². The quantitative estimate of drug-likeness (QED) is 0.683.